The van der Waals surface area contributed by atoms with E-state index in [1.54, 1.807) is 0 Å². The Bertz CT molecular complexity index is 980. The van der Waals surface area contributed by atoms with Gasteiger partial charge in [-0.1, -0.05) is 56.3 Å². The number of hydrogen-bond donors (Lipinski definition) is 0. The maximum Gasteiger partial charge on any atom is 0.327 e. The summed E-state index contributed by atoms with van der Waals surface area (Å²) in [4.78, 5) is 20.4. The van der Waals surface area contributed by atoms with E-state index in [4.69, 9.17) is 9.72 Å². The number of nitrogens with zero attached hydrogens (tertiary/aromatic N) is 2. The number of pyridine rings is 1. The largest absolute Gasteiger partial charge is 0.461 e. The van der Waals surface area contributed by atoms with Crippen LogP contribution in [0.4, 0.5) is 0 Å². The molecule has 2 saturated heterocycles. The second-order valence-corrected chi connectivity index (χ2v) is 10.1. The summed E-state index contributed by atoms with van der Waals surface area (Å²) in [5.41, 5.74) is 2.80. The number of carbonyl (C=O) groups is 1. The number of ether oxygens (including phenoxy) is 1. The van der Waals surface area contributed by atoms with Crippen molar-refractivity contribution in [2.45, 2.75) is 51.7 Å². The Labute approximate surface area is 191 Å². The molecule has 3 heterocycles. The van der Waals surface area contributed by atoms with Crippen LogP contribution in [-0.2, 0) is 9.53 Å². The zero-order valence-electron chi connectivity index (χ0n) is 19.4. The molecule has 4 heteroatoms. The van der Waals surface area contributed by atoms with Gasteiger partial charge in [-0.3, -0.25) is 14.7 Å². The molecule has 1 aliphatic carbocycles. The van der Waals surface area contributed by atoms with E-state index < -0.39 is 5.54 Å². The molecule has 1 aromatic carbocycles. The summed E-state index contributed by atoms with van der Waals surface area (Å²) in [6.45, 7) is 8.77. The number of esters is 1. The van der Waals surface area contributed by atoms with Gasteiger partial charge in [0.25, 0.3) is 0 Å². The number of hydrogen-bond acceptors (Lipinski definition) is 4. The maximum absolute atomic E-state index is 13.3. The lowest BCUT2D eigenvalue weighted by Gasteiger charge is -2.51. The van der Waals surface area contributed by atoms with Crippen molar-refractivity contribution in [2.24, 2.45) is 23.7 Å². The van der Waals surface area contributed by atoms with Crippen LogP contribution in [-0.4, -0.2) is 40.6 Å². The van der Waals surface area contributed by atoms with E-state index in [-0.39, 0.29) is 23.9 Å². The predicted molar refractivity (Wildman–Crippen MR) is 128 cm³/mol. The van der Waals surface area contributed by atoms with Gasteiger partial charge in [-0.05, 0) is 74.7 Å². The zero-order valence-corrected chi connectivity index (χ0v) is 19.4. The predicted octanol–water partition coefficient (Wildman–Crippen LogP) is 5.45. The lowest BCUT2D eigenvalue weighted by molar-refractivity contribution is -0.152. The first kappa shape index (κ1) is 21.4. The highest BCUT2D eigenvalue weighted by Gasteiger charge is 2.65. The number of fused-ring (bicyclic) bond motifs is 1. The molecule has 2 aromatic rings. The van der Waals surface area contributed by atoms with Gasteiger partial charge in [0.2, 0.25) is 0 Å². The Morgan fingerprint density at radius 1 is 1.03 bits per heavy atom. The first-order valence-electron chi connectivity index (χ1n) is 12.2. The number of likely N-dealkylation sites (tertiary alicyclic amines) is 1. The highest BCUT2D eigenvalue weighted by Crippen LogP contribution is 2.54. The molecule has 168 valence electrons. The molecule has 0 bridgehead atoms. The molecule has 4 nitrogen and oxygen atoms in total. The number of cyclic esters (lactones) is 1. The SMILES string of the molecule is CC1C[C@@]2(N3CCCC3)C(=O)O[C@H](C)[C@H]2C(/C=C/c2ccc(-c3ccccc3)cn2)C1C. The van der Waals surface area contributed by atoms with Gasteiger partial charge in [-0.2, -0.15) is 0 Å². The molecule has 32 heavy (non-hydrogen) atoms. The van der Waals surface area contributed by atoms with Gasteiger partial charge < -0.3 is 4.74 Å². The van der Waals surface area contributed by atoms with Crippen LogP contribution in [0.2, 0.25) is 0 Å². The van der Waals surface area contributed by atoms with E-state index in [1.165, 1.54) is 18.4 Å². The summed E-state index contributed by atoms with van der Waals surface area (Å²) in [6.07, 6.45) is 9.63. The third-order valence-corrected chi connectivity index (χ3v) is 8.31. The first-order valence-corrected chi connectivity index (χ1v) is 12.2. The van der Waals surface area contributed by atoms with Gasteiger partial charge in [-0.15, -0.1) is 0 Å². The van der Waals surface area contributed by atoms with E-state index in [2.05, 4.69) is 62.1 Å². The molecule has 6 atom stereocenters. The monoisotopic (exact) mass is 430 g/mol. The van der Waals surface area contributed by atoms with E-state index in [0.717, 1.165) is 30.8 Å². The smallest absolute Gasteiger partial charge is 0.327 e. The molecule has 3 aliphatic rings. The number of carbonyl (C=O) groups excluding carboxylic acids is 1. The molecule has 1 aromatic heterocycles. The topological polar surface area (TPSA) is 42.4 Å². The average molecular weight is 431 g/mol. The average Bonchev–Trinajstić information content (AvgIpc) is 3.43. The normalized spacial score (nSPS) is 35.2. The number of aromatic nitrogens is 1. The molecule has 2 aliphatic heterocycles. The molecule has 0 spiro atoms. The van der Waals surface area contributed by atoms with Crippen LogP contribution in [0.3, 0.4) is 0 Å². The molecule has 3 unspecified atom stereocenters. The molecule has 5 rings (SSSR count). The summed E-state index contributed by atoms with van der Waals surface area (Å²) in [5, 5.41) is 0. The van der Waals surface area contributed by atoms with Crippen LogP contribution in [0.5, 0.6) is 0 Å². The van der Waals surface area contributed by atoms with Crippen molar-refractivity contribution in [1.82, 2.24) is 9.88 Å². The molecular formula is C28H34N2O2. The van der Waals surface area contributed by atoms with Crippen molar-refractivity contribution >= 4 is 12.0 Å². The molecule has 0 amide bonds. The van der Waals surface area contributed by atoms with Crippen LogP contribution in [0, 0.1) is 23.7 Å². The number of rotatable bonds is 4. The summed E-state index contributed by atoms with van der Waals surface area (Å²) >= 11 is 0. The van der Waals surface area contributed by atoms with Gasteiger partial charge in [0.1, 0.15) is 11.6 Å². The first-order chi connectivity index (χ1) is 15.5. The Balaban J connectivity index is 1.44. The van der Waals surface area contributed by atoms with Crippen molar-refractivity contribution in [1.29, 1.82) is 0 Å². The van der Waals surface area contributed by atoms with Crippen molar-refractivity contribution in [3.05, 3.63) is 60.4 Å². The summed E-state index contributed by atoms with van der Waals surface area (Å²) in [5.74, 6) is 1.45. The van der Waals surface area contributed by atoms with Gasteiger partial charge in [0, 0.05) is 17.7 Å². The van der Waals surface area contributed by atoms with Gasteiger partial charge in [-0.25, -0.2) is 0 Å². The van der Waals surface area contributed by atoms with Crippen molar-refractivity contribution in [3.63, 3.8) is 0 Å². The second-order valence-electron chi connectivity index (χ2n) is 10.1. The molecule has 0 N–H and O–H groups in total. The third-order valence-electron chi connectivity index (χ3n) is 8.31. The third kappa shape index (κ3) is 3.49. The Hall–Kier alpha value is -2.46. The minimum Gasteiger partial charge on any atom is -0.461 e. The Morgan fingerprint density at radius 2 is 1.78 bits per heavy atom. The van der Waals surface area contributed by atoms with E-state index in [0.29, 0.717) is 11.8 Å². The summed E-state index contributed by atoms with van der Waals surface area (Å²) < 4.78 is 5.94. The summed E-state index contributed by atoms with van der Waals surface area (Å²) in [6, 6.07) is 14.6. The fourth-order valence-electron chi connectivity index (χ4n) is 6.50. The van der Waals surface area contributed by atoms with Crippen molar-refractivity contribution < 1.29 is 9.53 Å². The lowest BCUT2D eigenvalue weighted by atomic mass is 9.58. The van der Waals surface area contributed by atoms with Gasteiger partial charge in [0.15, 0.2) is 0 Å². The molecule has 3 fully saturated rings. The fourth-order valence-corrected chi connectivity index (χ4v) is 6.50. The van der Waals surface area contributed by atoms with E-state index in [9.17, 15) is 4.79 Å². The highest BCUT2D eigenvalue weighted by molar-refractivity contribution is 5.84. The Morgan fingerprint density at radius 3 is 2.47 bits per heavy atom. The zero-order chi connectivity index (χ0) is 22.3. The number of allylic oxidation sites excluding steroid dienone is 1. The molecular weight excluding hydrogens is 396 g/mol. The van der Waals surface area contributed by atoms with E-state index in [1.807, 2.05) is 24.4 Å². The minimum absolute atomic E-state index is 0.0133. The van der Waals surface area contributed by atoms with Crippen molar-refractivity contribution in [3.8, 4) is 11.1 Å². The van der Waals surface area contributed by atoms with Crippen molar-refractivity contribution in [2.75, 3.05) is 13.1 Å². The highest BCUT2D eigenvalue weighted by atomic mass is 16.6. The summed E-state index contributed by atoms with van der Waals surface area (Å²) in [7, 11) is 0. The van der Waals surface area contributed by atoms with Crippen LogP contribution < -0.4 is 0 Å². The van der Waals surface area contributed by atoms with E-state index >= 15 is 0 Å². The second kappa shape index (κ2) is 8.47. The molecule has 0 radical (unpaired) electrons. The fraction of sp³-hybridized carbons (Fsp3) is 0.500. The molecule has 1 saturated carbocycles. The van der Waals surface area contributed by atoms with Crippen LogP contribution in [0.25, 0.3) is 17.2 Å². The quantitative estimate of drug-likeness (QED) is 0.605. The van der Waals surface area contributed by atoms with Crippen LogP contribution in [0.15, 0.2) is 54.7 Å². The van der Waals surface area contributed by atoms with Crippen LogP contribution >= 0.6 is 0 Å². The maximum atomic E-state index is 13.3. The standard InChI is InChI=1S/C28H34N2O2/c1-19-17-28(30-15-7-8-16-30)26(21(3)32-27(28)31)25(20(19)2)14-13-24-12-11-23(18-29-24)22-9-5-4-6-10-22/h4-6,9-14,18-21,25-26H,7-8,15-17H2,1-3H3/b14-13+/t19?,20?,21-,25?,26+,28+/m1/s1. The van der Waals surface area contributed by atoms with Crippen LogP contribution in [0.1, 0.15) is 45.7 Å². The lowest BCUT2D eigenvalue weighted by Crippen LogP contribution is -2.62. The number of benzene rings is 1. The minimum atomic E-state index is -0.457. The van der Waals surface area contributed by atoms with Gasteiger partial charge in [0.05, 0.1) is 5.69 Å². The van der Waals surface area contributed by atoms with Gasteiger partial charge >= 0.3 is 5.97 Å². The Kier molecular flexibility index (Phi) is 5.66.